The molecule has 0 spiro atoms. The Bertz CT molecular complexity index is 433. The first-order valence-corrected chi connectivity index (χ1v) is 6.42. The second-order valence-corrected chi connectivity index (χ2v) is 4.77. The molecule has 0 radical (unpaired) electrons. The predicted octanol–water partition coefficient (Wildman–Crippen LogP) is 1.94. The van der Waals surface area contributed by atoms with Crippen LogP contribution < -0.4 is 10.6 Å². The number of rotatable bonds is 2. The van der Waals surface area contributed by atoms with E-state index in [-0.39, 0.29) is 5.84 Å². The average Bonchev–Trinajstić information content (AvgIpc) is 2.62. The lowest BCUT2D eigenvalue weighted by Gasteiger charge is -2.30. The van der Waals surface area contributed by atoms with Gasteiger partial charge < -0.3 is 15.8 Å². The van der Waals surface area contributed by atoms with Gasteiger partial charge in [0.2, 0.25) is 0 Å². The van der Waals surface area contributed by atoms with Crippen LogP contribution in [0.25, 0.3) is 0 Å². The Hall–Kier alpha value is -1.78. The summed E-state index contributed by atoms with van der Waals surface area (Å²) in [6.45, 7) is 3.22. The van der Waals surface area contributed by atoms with Gasteiger partial charge in [0.15, 0.2) is 5.84 Å². The Labute approximate surface area is 107 Å². The fourth-order valence-corrected chi connectivity index (χ4v) is 2.52. The van der Waals surface area contributed by atoms with Crippen LogP contribution in [0.2, 0.25) is 0 Å². The van der Waals surface area contributed by atoms with Gasteiger partial charge in [-0.05, 0) is 25.8 Å². The van der Waals surface area contributed by atoms with E-state index in [0.29, 0.717) is 6.04 Å². The number of nitrogens with zero attached hydrogens (tertiary/aromatic N) is 3. The molecule has 0 bridgehead atoms. The second kappa shape index (κ2) is 5.71. The molecule has 1 aliphatic rings. The van der Waals surface area contributed by atoms with Crippen LogP contribution in [0, 0.1) is 0 Å². The van der Waals surface area contributed by atoms with Crippen LogP contribution >= 0.6 is 0 Å². The summed E-state index contributed by atoms with van der Waals surface area (Å²) in [7, 11) is 0. The maximum Gasteiger partial charge on any atom is 0.172 e. The van der Waals surface area contributed by atoms with Crippen molar-refractivity contribution in [3.63, 3.8) is 0 Å². The normalized spacial score (nSPS) is 21.7. The summed E-state index contributed by atoms with van der Waals surface area (Å²) in [4.78, 5) is 6.48. The number of anilines is 1. The monoisotopic (exact) mass is 248 g/mol. The topological polar surface area (TPSA) is 74.7 Å². The quantitative estimate of drug-likeness (QED) is 0.363. The Balaban J connectivity index is 2.36. The van der Waals surface area contributed by atoms with E-state index >= 15 is 0 Å². The molecule has 98 valence electrons. The molecule has 0 amide bonds. The van der Waals surface area contributed by atoms with Gasteiger partial charge in [-0.25, -0.2) is 0 Å². The predicted molar refractivity (Wildman–Crippen MR) is 72.0 cm³/mol. The summed E-state index contributed by atoms with van der Waals surface area (Å²) in [5.74, 6) is 0.142. The summed E-state index contributed by atoms with van der Waals surface area (Å²) in [5, 5.41) is 12.0. The molecular weight excluding hydrogens is 228 g/mol. The average molecular weight is 248 g/mol. The standard InChI is InChI=1S/C13H20N4O/c1-10-5-3-2-4-8-17(10)12-9-15-7-6-11(12)13(14)16-18/h6-7,9-10,18H,2-5,8H2,1H3,(H2,14,16). The zero-order valence-electron chi connectivity index (χ0n) is 10.7. The molecule has 1 aromatic rings. The van der Waals surface area contributed by atoms with Gasteiger partial charge in [-0.3, -0.25) is 4.98 Å². The third kappa shape index (κ3) is 2.55. The minimum Gasteiger partial charge on any atom is -0.409 e. The van der Waals surface area contributed by atoms with Crippen molar-refractivity contribution in [1.29, 1.82) is 0 Å². The van der Waals surface area contributed by atoms with E-state index in [2.05, 4.69) is 22.0 Å². The number of amidine groups is 1. The molecule has 1 aromatic heterocycles. The minimum absolute atomic E-state index is 0.142. The van der Waals surface area contributed by atoms with Crippen molar-refractivity contribution in [1.82, 2.24) is 4.98 Å². The Morgan fingerprint density at radius 1 is 1.50 bits per heavy atom. The molecule has 2 heterocycles. The fourth-order valence-electron chi connectivity index (χ4n) is 2.52. The Morgan fingerprint density at radius 2 is 2.33 bits per heavy atom. The molecule has 1 atom stereocenters. The smallest absolute Gasteiger partial charge is 0.172 e. The van der Waals surface area contributed by atoms with Gasteiger partial charge in [0.1, 0.15) is 0 Å². The first-order chi connectivity index (χ1) is 8.74. The van der Waals surface area contributed by atoms with E-state index in [9.17, 15) is 0 Å². The second-order valence-electron chi connectivity index (χ2n) is 4.77. The van der Waals surface area contributed by atoms with Gasteiger partial charge in [-0.2, -0.15) is 0 Å². The third-order valence-electron chi connectivity index (χ3n) is 3.55. The van der Waals surface area contributed by atoms with Gasteiger partial charge in [0, 0.05) is 24.3 Å². The van der Waals surface area contributed by atoms with Crippen molar-refractivity contribution in [3.05, 3.63) is 24.0 Å². The molecule has 1 aliphatic heterocycles. The molecule has 5 heteroatoms. The summed E-state index contributed by atoms with van der Waals surface area (Å²) in [5.41, 5.74) is 7.44. The number of aromatic nitrogens is 1. The van der Waals surface area contributed by atoms with Gasteiger partial charge >= 0.3 is 0 Å². The van der Waals surface area contributed by atoms with Gasteiger partial charge in [0.25, 0.3) is 0 Å². The lowest BCUT2D eigenvalue weighted by molar-refractivity contribution is 0.318. The van der Waals surface area contributed by atoms with E-state index in [4.69, 9.17) is 10.9 Å². The van der Waals surface area contributed by atoms with Crippen LogP contribution in [-0.4, -0.2) is 28.6 Å². The zero-order valence-corrected chi connectivity index (χ0v) is 10.7. The van der Waals surface area contributed by atoms with E-state index in [1.807, 2.05) is 0 Å². The molecule has 1 fully saturated rings. The molecule has 0 aliphatic carbocycles. The highest BCUT2D eigenvalue weighted by atomic mass is 16.4. The van der Waals surface area contributed by atoms with Crippen molar-refractivity contribution in [2.75, 3.05) is 11.4 Å². The summed E-state index contributed by atoms with van der Waals surface area (Å²) in [6.07, 6.45) is 8.34. The summed E-state index contributed by atoms with van der Waals surface area (Å²) < 4.78 is 0. The van der Waals surface area contributed by atoms with Crippen molar-refractivity contribution in [2.45, 2.75) is 38.6 Å². The molecule has 1 unspecified atom stereocenters. The van der Waals surface area contributed by atoms with Crippen LogP contribution in [0.1, 0.15) is 38.2 Å². The van der Waals surface area contributed by atoms with Gasteiger partial charge in [0.05, 0.1) is 11.9 Å². The highest BCUT2D eigenvalue weighted by Gasteiger charge is 2.21. The Morgan fingerprint density at radius 3 is 3.11 bits per heavy atom. The lowest BCUT2D eigenvalue weighted by Crippen LogP contribution is -2.34. The molecule has 5 nitrogen and oxygen atoms in total. The van der Waals surface area contributed by atoms with Crippen molar-refractivity contribution >= 4 is 11.5 Å². The van der Waals surface area contributed by atoms with Gasteiger partial charge in [-0.15, -0.1) is 0 Å². The van der Waals surface area contributed by atoms with Crippen LogP contribution in [0.5, 0.6) is 0 Å². The number of hydrogen-bond acceptors (Lipinski definition) is 4. The molecule has 3 N–H and O–H groups in total. The number of nitrogens with two attached hydrogens (primary N) is 1. The maximum atomic E-state index is 8.86. The first kappa shape index (κ1) is 12.7. The van der Waals surface area contributed by atoms with E-state index in [1.54, 1.807) is 18.5 Å². The van der Waals surface area contributed by atoms with Crippen molar-refractivity contribution in [2.24, 2.45) is 10.9 Å². The highest BCUT2D eigenvalue weighted by molar-refractivity contribution is 6.02. The van der Waals surface area contributed by atoms with E-state index < -0.39 is 0 Å². The highest BCUT2D eigenvalue weighted by Crippen LogP contribution is 2.26. The molecule has 0 saturated carbocycles. The maximum absolute atomic E-state index is 8.86. The number of hydrogen-bond donors (Lipinski definition) is 2. The van der Waals surface area contributed by atoms with Gasteiger partial charge in [-0.1, -0.05) is 18.0 Å². The third-order valence-corrected chi connectivity index (χ3v) is 3.55. The van der Waals surface area contributed by atoms with E-state index in [0.717, 1.165) is 17.8 Å². The first-order valence-electron chi connectivity index (χ1n) is 6.42. The van der Waals surface area contributed by atoms with Crippen LogP contribution in [0.4, 0.5) is 5.69 Å². The largest absolute Gasteiger partial charge is 0.409 e. The lowest BCUT2D eigenvalue weighted by atomic mass is 10.1. The van der Waals surface area contributed by atoms with Crippen LogP contribution in [0.15, 0.2) is 23.6 Å². The minimum atomic E-state index is 0.142. The Kier molecular flexibility index (Phi) is 4.02. The summed E-state index contributed by atoms with van der Waals surface area (Å²) >= 11 is 0. The van der Waals surface area contributed by atoms with Crippen LogP contribution in [-0.2, 0) is 0 Å². The van der Waals surface area contributed by atoms with Crippen molar-refractivity contribution in [3.8, 4) is 0 Å². The summed E-state index contributed by atoms with van der Waals surface area (Å²) in [6, 6.07) is 2.25. The van der Waals surface area contributed by atoms with Crippen molar-refractivity contribution < 1.29 is 5.21 Å². The molecule has 18 heavy (non-hydrogen) atoms. The van der Waals surface area contributed by atoms with Crippen LogP contribution in [0.3, 0.4) is 0 Å². The molecule has 1 saturated heterocycles. The molecule has 0 aromatic carbocycles. The SMILES string of the molecule is CC1CCCCCN1c1cnccc1/C(N)=N/O. The molecule has 2 rings (SSSR count). The fraction of sp³-hybridized carbons (Fsp3) is 0.538. The van der Waals surface area contributed by atoms with E-state index in [1.165, 1.54) is 25.7 Å². The number of oxime groups is 1. The molecular formula is C13H20N4O. The number of pyridine rings is 1. The zero-order chi connectivity index (χ0) is 13.0.